The molecule has 0 nitrogen and oxygen atoms in total. The highest BCUT2D eigenvalue weighted by molar-refractivity contribution is 9.10. The summed E-state index contributed by atoms with van der Waals surface area (Å²) >= 11 is 3.34. The van der Waals surface area contributed by atoms with Gasteiger partial charge in [0.2, 0.25) is 0 Å². The van der Waals surface area contributed by atoms with Gasteiger partial charge in [-0.25, -0.2) is 4.39 Å². The molecule has 0 saturated heterocycles. The molecule has 0 aromatic heterocycles. The van der Waals surface area contributed by atoms with E-state index in [1.165, 1.54) is 12.1 Å². The normalized spacial score (nSPS) is 10.9. The molecule has 64 valence electrons. The second-order valence-electron chi connectivity index (χ2n) is 2.48. The van der Waals surface area contributed by atoms with Crippen LogP contribution < -0.4 is 0 Å². The van der Waals surface area contributed by atoms with Gasteiger partial charge in [-0.15, -0.1) is 0 Å². The Morgan fingerprint density at radius 2 is 2.25 bits per heavy atom. The summed E-state index contributed by atoms with van der Waals surface area (Å²) in [5.74, 6) is -0.200. The van der Waals surface area contributed by atoms with Crippen molar-refractivity contribution in [2.45, 2.75) is 13.3 Å². The monoisotopic (exact) mass is 228 g/mol. The smallest absolute Gasteiger partial charge is 0.123 e. The van der Waals surface area contributed by atoms with Gasteiger partial charge in [-0.2, -0.15) is 0 Å². The van der Waals surface area contributed by atoms with E-state index in [2.05, 4.69) is 15.9 Å². The number of benzene rings is 1. The van der Waals surface area contributed by atoms with E-state index in [4.69, 9.17) is 0 Å². The summed E-state index contributed by atoms with van der Waals surface area (Å²) in [6.07, 6.45) is 4.87. The average Bonchev–Trinajstić information content (AvgIpc) is 2.07. The third-order valence-electron chi connectivity index (χ3n) is 1.49. The topological polar surface area (TPSA) is 0 Å². The molecular weight excluding hydrogens is 219 g/mol. The molecule has 0 atom stereocenters. The number of rotatable bonds is 2. The minimum absolute atomic E-state index is 0.200. The average molecular weight is 229 g/mol. The van der Waals surface area contributed by atoms with Crippen LogP contribution in [-0.4, -0.2) is 0 Å². The van der Waals surface area contributed by atoms with E-state index in [1.54, 1.807) is 6.07 Å². The Morgan fingerprint density at radius 1 is 1.50 bits per heavy atom. The lowest BCUT2D eigenvalue weighted by molar-refractivity contribution is 0.627. The number of allylic oxidation sites excluding steroid dienone is 1. The first-order valence-electron chi connectivity index (χ1n) is 3.85. The zero-order valence-electron chi connectivity index (χ0n) is 6.85. The quantitative estimate of drug-likeness (QED) is 0.718. The molecular formula is C10H10BrF. The highest BCUT2D eigenvalue weighted by Gasteiger charge is 1.96. The predicted octanol–water partition coefficient (Wildman–Crippen LogP) is 4.01. The van der Waals surface area contributed by atoms with Gasteiger partial charge < -0.3 is 0 Å². The molecule has 0 aliphatic heterocycles. The van der Waals surface area contributed by atoms with Crippen molar-refractivity contribution in [1.29, 1.82) is 0 Å². The molecule has 12 heavy (non-hydrogen) atoms. The first-order chi connectivity index (χ1) is 5.74. The molecule has 1 aromatic carbocycles. The van der Waals surface area contributed by atoms with E-state index in [0.29, 0.717) is 0 Å². The van der Waals surface area contributed by atoms with Gasteiger partial charge in [0.05, 0.1) is 0 Å². The molecule has 0 bridgehead atoms. The molecule has 0 N–H and O–H groups in total. The Labute approximate surface area is 80.2 Å². The Bertz CT molecular complexity index is 292. The molecule has 0 fully saturated rings. The standard InChI is InChI=1S/C10H10BrF/c1-2-3-4-8-7-9(12)5-6-10(8)11/h3-7H,2H2,1H3. The van der Waals surface area contributed by atoms with Gasteiger partial charge >= 0.3 is 0 Å². The first-order valence-corrected chi connectivity index (χ1v) is 4.65. The van der Waals surface area contributed by atoms with E-state index >= 15 is 0 Å². The molecule has 0 saturated carbocycles. The minimum Gasteiger partial charge on any atom is -0.207 e. The van der Waals surface area contributed by atoms with Crippen molar-refractivity contribution < 1.29 is 4.39 Å². The fraction of sp³-hybridized carbons (Fsp3) is 0.200. The third kappa shape index (κ3) is 2.45. The number of hydrogen-bond donors (Lipinski definition) is 0. The molecule has 1 rings (SSSR count). The van der Waals surface area contributed by atoms with Crippen LogP contribution in [0.3, 0.4) is 0 Å². The zero-order chi connectivity index (χ0) is 8.97. The van der Waals surface area contributed by atoms with Crippen LogP contribution in [0.1, 0.15) is 18.9 Å². The fourth-order valence-corrected chi connectivity index (χ4v) is 1.27. The fourth-order valence-electron chi connectivity index (χ4n) is 0.887. The lowest BCUT2D eigenvalue weighted by Gasteiger charge is -1.97. The van der Waals surface area contributed by atoms with Gasteiger partial charge in [0.15, 0.2) is 0 Å². The Balaban J connectivity index is 2.97. The minimum atomic E-state index is -0.200. The van der Waals surface area contributed by atoms with Gasteiger partial charge in [0, 0.05) is 4.47 Å². The second-order valence-corrected chi connectivity index (χ2v) is 3.33. The SMILES string of the molecule is CCC=Cc1cc(F)ccc1Br. The van der Waals surface area contributed by atoms with Crippen LogP contribution in [0.4, 0.5) is 4.39 Å². The van der Waals surface area contributed by atoms with Crippen LogP contribution >= 0.6 is 15.9 Å². The Hall–Kier alpha value is -0.630. The van der Waals surface area contributed by atoms with Gasteiger partial charge in [-0.05, 0) is 30.2 Å². The summed E-state index contributed by atoms with van der Waals surface area (Å²) in [4.78, 5) is 0. The summed E-state index contributed by atoms with van der Waals surface area (Å²) < 4.78 is 13.6. The van der Waals surface area contributed by atoms with Crippen molar-refractivity contribution in [3.63, 3.8) is 0 Å². The van der Waals surface area contributed by atoms with E-state index in [0.717, 1.165) is 16.5 Å². The predicted molar refractivity (Wildman–Crippen MR) is 53.4 cm³/mol. The van der Waals surface area contributed by atoms with Gasteiger partial charge in [0.25, 0.3) is 0 Å². The molecule has 0 unspecified atom stereocenters. The molecule has 2 heteroatoms. The highest BCUT2D eigenvalue weighted by Crippen LogP contribution is 2.19. The van der Waals surface area contributed by atoms with E-state index in [9.17, 15) is 4.39 Å². The third-order valence-corrected chi connectivity index (χ3v) is 2.21. The van der Waals surface area contributed by atoms with Crippen molar-refractivity contribution in [1.82, 2.24) is 0 Å². The molecule has 0 amide bonds. The van der Waals surface area contributed by atoms with Gasteiger partial charge in [-0.3, -0.25) is 0 Å². The summed E-state index contributed by atoms with van der Waals surface area (Å²) in [6.45, 7) is 2.05. The molecule has 0 heterocycles. The maximum atomic E-state index is 12.7. The molecule has 1 aromatic rings. The lowest BCUT2D eigenvalue weighted by Crippen LogP contribution is -1.78. The van der Waals surface area contributed by atoms with Crippen molar-refractivity contribution in [2.24, 2.45) is 0 Å². The summed E-state index contributed by atoms with van der Waals surface area (Å²) in [6, 6.07) is 4.66. The first kappa shape index (κ1) is 9.46. The van der Waals surface area contributed by atoms with Crippen molar-refractivity contribution in [3.05, 3.63) is 40.1 Å². The van der Waals surface area contributed by atoms with Crippen LogP contribution in [0, 0.1) is 5.82 Å². The lowest BCUT2D eigenvalue weighted by atomic mass is 10.2. The van der Waals surface area contributed by atoms with Gasteiger partial charge in [-0.1, -0.05) is 35.0 Å². The van der Waals surface area contributed by atoms with Gasteiger partial charge in [0.1, 0.15) is 5.82 Å². The van der Waals surface area contributed by atoms with Crippen LogP contribution in [0.5, 0.6) is 0 Å². The van der Waals surface area contributed by atoms with Crippen LogP contribution in [-0.2, 0) is 0 Å². The van der Waals surface area contributed by atoms with Crippen molar-refractivity contribution in [2.75, 3.05) is 0 Å². The van der Waals surface area contributed by atoms with E-state index < -0.39 is 0 Å². The molecule has 0 aliphatic rings. The maximum absolute atomic E-state index is 12.7. The summed E-state index contributed by atoms with van der Waals surface area (Å²) in [7, 11) is 0. The number of halogens is 2. The number of hydrogen-bond acceptors (Lipinski definition) is 0. The Morgan fingerprint density at radius 3 is 2.92 bits per heavy atom. The Kier molecular flexibility index (Phi) is 3.48. The van der Waals surface area contributed by atoms with Crippen molar-refractivity contribution in [3.8, 4) is 0 Å². The highest BCUT2D eigenvalue weighted by atomic mass is 79.9. The van der Waals surface area contributed by atoms with Crippen LogP contribution in [0.2, 0.25) is 0 Å². The van der Waals surface area contributed by atoms with Crippen LogP contribution in [0.15, 0.2) is 28.7 Å². The molecule has 0 aliphatic carbocycles. The maximum Gasteiger partial charge on any atom is 0.123 e. The summed E-state index contributed by atoms with van der Waals surface area (Å²) in [5.41, 5.74) is 0.886. The van der Waals surface area contributed by atoms with E-state index in [-0.39, 0.29) is 5.82 Å². The molecule has 0 spiro atoms. The van der Waals surface area contributed by atoms with E-state index in [1.807, 2.05) is 19.1 Å². The molecule has 0 radical (unpaired) electrons. The largest absolute Gasteiger partial charge is 0.207 e. The summed E-state index contributed by atoms with van der Waals surface area (Å²) in [5, 5.41) is 0. The zero-order valence-corrected chi connectivity index (χ0v) is 8.44. The van der Waals surface area contributed by atoms with Crippen molar-refractivity contribution >= 4 is 22.0 Å². The second kappa shape index (κ2) is 4.41. The van der Waals surface area contributed by atoms with Crippen LogP contribution in [0.25, 0.3) is 6.08 Å².